The molecule has 0 bridgehead atoms. The molecule has 3 nitrogen and oxygen atoms in total. The van der Waals surface area contributed by atoms with Crippen LogP contribution in [0.1, 0.15) is 19.3 Å². The van der Waals surface area contributed by atoms with Crippen molar-refractivity contribution in [2.75, 3.05) is 18.1 Å². The van der Waals surface area contributed by atoms with Gasteiger partial charge in [-0.15, -0.1) is 24.2 Å². The van der Waals surface area contributed by atoms with Crippen molar-refractivity contribution in [1.82, 2.24) is 5.32 Å². The van der Waals surface area contributed by atoms with Crippen LogP contribution in [0.25, 0.3) is 0 Å². The van der Waals surface area contributed by atoms with Crippen LogP contribution < -0.4 is 10.6 Å². The molecular weight excluding hydrogens is 268 g/mol. The van der Waals surface area contributed by atoms with Gasteiger partial charge in [0.2, 0.25) is 5.91 Å². The molecule has 0 radical (unpaired) electrons. The largest absolute Gasteiger partial charge is 0.325 e. The number of hydrogen-bond donors (Lipinski definition) is 2. The van der Waals surface area contributed by atoms with Gasteiger partial charge in [-0.2, -0.15) is 0 Å². The zero-order chi connectivity index (χ0) is 12.1. The fourth-order valence-electron chi connectivity index (χ4n) is 1.98. The second kappa shape index (κ2) is 7.67. The summed E-state index contributed by atoms with van der Waals surface area (Å²) in [5, 5.41) is 6.20. The number of carbonyl (C=O) groups excluding carboxylic acids is 1. The number of hydrogen-bond acceptors (Lipinski definition) is 3. The summed E-state index contributed by atoms with van der Waals surface area (Å²) >= 11 is 1.70. The number of anilines is 1. The highest BCUT2D eigenvalue weighted by atomic mass is 35.5. The predicted molar refractivity (Wildman–Crippen MR) is 79.7 cm³/mol. The van der Waals surface area contributed by atoms with Crippen LogP contribution in [0.2, 0.25) is 0 Å². The molecule has 1 saturated heterocycles. The Bertz CT molecular complexity index is 377. The van der Waals surface area contributed by atoms with Crippen molar-refractivity contribution >= 4 is 35.8 Å². The molecule has 1 amide bonds. The van der Waals surface area contributed by atoms with Crippen LogP contribution in [-0.4, -0.2) is 24.7 Å². The molecule has 0 aliphatic carbocycles. The lowest BCUT2D eigenvalue weighted by Gasteiger charge is -2.22. The van der Waals surface area contributed by atoms with E-state index in [-0.39, 0.29) is 24.4 Å². The first-order valence-corrected chi connectivity index (χ1v) is 7.20. The smallest absolute Gasteiger partial charge is 0.241 e. The van der Waals surface area contributed by atoms with Crippen LogP contribution in [0, 0.1) is 0 Å². The van der Waals surface area contributed by atoms with E-state index in [1.54, 1.807) is 11.8 Å². The lowest BCUT2D eigenvalue weighted by atomic mass is 10.0. The molecule has 1 atom stereocenters. The zero-order valence-corrected chi connectivity index (χ0v) is 12.1. The molecule has 0 aromatic heterocycles. The number of halogens is 1. The van der Waals surface area contributed by atoms with Gasteiger partial charge < -0.3 is 10.6 Å². The lowest BCUT2D eigenvalue weighted by Crippen LogP contribution is -2.43. The van der Waals surface area contributed by atoms with Gasteiger partial charge in [0.25, 0.3) is 0 Å². The molecule has 5 heteroatoms. The molecule has 1 aromatic carbocycles. The third kappa shape index (κ3) is 4.19. The third-order valence-corrected chi connectivity index (χ3v) is 3.73. The molecular formula is C13H19ClN2OS. The Balaban J connectivity index is 0.00000162. The molecule has 2 rings (SSSR count). The lowest BCUT2D eigenvalue weighted by molar-refractivity contribution is -0.118. The van der Waals surface area contributed by atoms with Gasteiger partial charge in [0.1, 0.15) is 0 Å². The Morgan fingerprint density at radius 3 is 2.61 bits per heavy atom. The normalized spacial score (nSPS) is 18.8. The summed E-state index contributed by atoms with van der Waals surface area (Å²) < 4.78 is 0. The maximum Gasteiger partial charge on any atom is 0.241 e. The second-order valence-corrected chi connectivity index (χ2v) is 5.10. The Kier molecular flexibility index (Phi) is 6.54. The first kappa shape index (κ1) is 15.3. The van der Waals surface area contributed by atoms with Crippen LogP contribution in [0.15, 0.2) is 29.2 Å². The van der Waals surface area contributed by atoms with Gasteiger partial charge in [-0.1, -0.05) is 6.42 Å². The van der Waals surface area contributed by atoms with Crippen molar-refractivity contribution in [3.05, 3.63) is 24.3 Å². The molecule has 0 saturated carbocycles. The highest BCUT2D eigenvalue weighted by molar-refractivity contribution is 7.98. The quantitative estimate of drug-likeness (QED) is 0.840. The molecule has 2 N–H and O–H groups in total. The molecule has 18 heavy (non-hydrogen) atoms. The summed E-state index contributed by atoms with van der Waals surface area (Å²) in [7, 11) is 0. The van der Waals surface area contributed by atoms with Crippen LogP contribution >= 0.6 is 24.2 Å². The molecule has 1 heterocycles. The topological polar surface area (TPSA) is 41.1 Å². The standard InChI is InChI=1S/C13H18N2OS.ClH/c1-17-11-7-5-10(6-8-11)15-13(16)12-4-2-3-9-14-12;/h5-8,12,14H,2-4,9H2,1H3,(H,15,16);1H/t12-;/m1./s1. The highest BCUT2D eigenvalue weighted by Gasteiger charge is 2.20. The van der Waals surface area contributed by atoms with Gasteiger partial charge in [0.15, 0.2) is 0 Å². The first-order valence-electron chi connectivity index (χ1n) is 5.98. The monoisotopic (exact) mass is 286 g/mol. The summed E-state index contributed by atoms with van der Waals surface area (Å²) in [4.78, 5) is 13.2. The molecule has 100 valence electrons. The molecule has 0 unspecified atom stereocenters. The van der Waals surface area contributed by atoms with E-state index in [0.717, 1.165) is 25.1 Å². The van der Waals surface area contributed by atoms with E-state index in [4.69, 9.17) is 0 Å². The highest BCUT2D eigenvalue weighted by Crippen LogP contribution is 2.18. The van der Waals surface area contributed by atoms with Gasteiger partial charge in [0.05, 0.1) is 6.04 Å². The molecule has 1 aromatic rings. The Morgan fingerprint density at radius 1 is 1.33 bits per heavy atom. The van der Waals surface area contributed by atoms with Gasteiger partial charge in [-0.3, -0.25) is 4.79 Å². The zero-order valence-electron chi connectivity index (χ0n) is 10.4. The fraction of sp³-hybridized carbons (Fsp3) is 0.462. The number of benzene rings is 1. The number of nitrogens with one attached hydrogen (secondary N) is 2. The van der Waals surface area contributed by atoms with Gasteiger partial charge in [-0.25, -0.2) is 0 Å². The van der Waals surface area contributed by atoms with E-state index in [9.17, 15) is 4.79 Å². The maximum absolute atomic E-state index is 11.9. The number of rotatable bonds is 3. The SMILES string of the molecule is CSc1ccc(NC(=O)[C@H]2CCCCN2)cc1.Cl. The molecule has 0 spiro atoms. The summed E-state index contributed by atoms with van der Waals surface area (Å²) in [6.07, 6.45) is 5.29. The van der Waals surface area contributed by atoms with E-state index in [1.165, 1.54) is 11.3 Å². The van der Waals surface area contributed by atoms with Crippen molar-refractivity contribution < 1.29 is 4.79 Å². The second-order valence-electron chi connectivity index (χ2n) is 4.22. The number of thioether (sulfide) groups is 1. The van der Waals surface area contributed by atoms with Crippen LogP contribution in [0.4, 0.5) is 5.69 Å². The third-order valence-electron chi connectivity index (χ3n) is 2.98. The summed E-state index contributed by atoms with van der Waals surface area (Å²) in [6, 6.07) is 7.92. The Hall–Kier alpha value is -0.710. The minimum absolute atomic E-state index is 0. The van der Waals surface area contributed by atoms with E-state index in [2.05, 4.69) is 10.6 Å². The molecule has 1 aliphatic rings. The van der Waals surface area contributed by atoms with Crippen molar-refractivity contribution in [2.24, 2.45) is 0 Å². The van der Waals surface area contributed by atoms with Crippen molar-refractivity contribution in [1.29, 1.82) is 0 Å². The van der Waals surface area contributed by atoms with Gasteiger partial charge in [-0.05, 0) is 49.9 Å². The van der Waals surface area contributed by atoms with E-state index in [1.807, 2.05) is 30.5 Å². The fourth-order valence-corrected chi connectivity index (χ4v) is 2.39. The maximum atomic E-state index is 11.9. The van der Waals surface area contributed by atoms with E-state index < -0.39 is 0 Å². The van der Waals surface area contributed by atoms with Crippen LogP contribution in [0.3, 0.4) is 0 Å². The summed E-state index contributed by atoms with van der Waals surface area (Å²) in [5.41, 5.74) is 0.875. The average Bonchev–Trinajstić information content (AvgIpc) is 2.40. The Labute approximate surface area is 119 Å². The first-order chi connectivity index (χ1) is 8.29. The van der Waals surface area contributed by atoms with Crippen molar-refractivity contribution in [3.63, 3.8) is 0 Å². The number of amides is 1. The van der Waals surface area contributed by atoms with E-state index in [0.29, 0.717) is 0 Å². The molecule has 1 aliphatic heterocycles. The van der Waals surface area contributed by atoms with Gasteiger partial charge in [0, 0.05) is 10.6 Å². The number of piperidine rings is 1. The predicted octanol–water partition coefficient (Wildman–Crippen LogP) is 2.91. The average molecular weight is 287 g/mol. The number of carbonyl (C=O) groups is 1. The molecule has 1 fully saturated rings. The van der Waals surface area contributed by atoms with Crippen LogP contribution in [-0.2, 0) is 4.79 Å². The van der Waals surface area contributed by atoms with Crippen molar-refractivity contribution in [3.8, 4) is 0 Å². The minimum Gasteiger partial charge on any atom is -0.325 e. The summed E-state index contributed by atoms with van der Waals surface area (Å²) in [6.45, 7) is 0.948. The Morgan fingerprint density at radius 2 is 2.06 bits per heavy atom. The van der Waals surface area contributed by atoms with Crippen molar-refractivity contribution in [2.45, 2.75) is 30.2 Å². The van der Waals surface area contributed by atoms with E-state index >= 15 is 0 Å². The van der Waals surface area contributed by atoms with Crippen LogP contribution in [0.5, 0.6) is 0 Å². The van der Waals surface area contributed by atoms with Gasteiger partial charge >= 0.3 is 0 Å². The summed E-state index contributed by atoms with van der Waals surface area (Å²) in [5.74, 6) is 0.0848. The minimum atomic E-state index is -0.0241.